The Labute approximate surface area is 154 Å². The third kappa shape index (κ3) is 4.27. The molecule has 1 aromatic heterocycles. The van der Waals surface area contributed by atoms with Gasteiger partial charge in [0, 0.05) is 23.7 Å². The Morgan fingerprint density at radius 3 is 2.63 bits per heavy atom. The van der Waals surface area contributed by atoms with E-state index >= 15 is 0 Å². The first kappa shape index (κ1) is 19.3. The molecule has 1 aliphatic rings. The highest BCUT2D eigenvalue weighted by molar-refractivity contribution is 6.04. The molecule has 3 rings (SSSR count). The molecule has 0 atom stereocenters. The number of hydrogen-bond acceptors (Lipinski definition) is 4. The number of nitrogens with zero attached hydrogens (tertiary/aromatic N) is 2. The fourth-order valence-corrected chi connectivity index (χ4v) is 2.87. The summed E-state index contributed by atoms with van der Waals surface area (Å²) in [5.41, 5.74) is -0.361. The van der Waals surface area contributed by atoms with Crippen molar-refractivity contribution in [3.63, 3.8) is 0 Å². The van der Waals surface area contributed by atoms with E-state index in [0.29, 0.717) is 16.6 Å². The van der Waals surface area contributed by atoms with Crippen LogP contribution in [0.3, 0.4) is 0 Å². The van der Waals surface area contributed by atoms with E-state index in [0.717, 1.165) is 0 Å². The predicted octanol–water partition coefficient (Wildman–Crippen LogP) is 3.87. The van der Waals surface area contributed by atoms with Gasteiger partial charge in [-0.25, -0.2) is 4.79 Å². The fraction of sp³-hybridized carbons (Fsp3) is 0.421. The van der Waals surface area contributed by atoms with Gasteiger partial charge in [-0.15, -0.1) is 0 Å². The van der Waals surface area contributed by atoms with E-state index in [1.165, 1.54) is 16.8 Å². The minimum atomic E-state index is -4.50. The van der Waals surface area contributed by atoms with E-state index in [2.05, 4.69) is 4.98 Å². The van der Waals surface area contributed by atoms with Crippen LogP contribution in [0.1, 0.15) is 31.1 Å². The van der Waals surface area contributed by atoms with Gasteiger partial charge in [0.15, 0.2) is 6.54 Å². The molecule has 0 spiro atoms. The Bertz CT molecular complexity index is 915. The number of alkyl halides is 3. The largest absolute Gasteiger partial charge is 0.475 e. The molecule has 0 bridgehead atoms. The smallest absolute Gasteiger partial charge is 0.456 e. The lowest BCUT2D eigenvalue weighted by Gasteiger charge is -2.20. The molecule has 8 heteroatoms. The highest BCUT2D eigenvalue weighted by atomic mass is 19.4. The second kappa shape index (κ2) is 6.92. The number of fused-ring (bicyclic) bond motifs is 1. The van der Waals surface area contributed by atoms with E-state index in [-0.39, 0.29) is 18.7 Å². The standard InChI is InChI=1S/C19H20F3N2O3/c1-18(2,3)27-17(25)13-6-7-23-15-5-4-12(10-14(13)15)24-8-9-26-11-16(24)19(20,21)22/h4-7,10H,8-9,11H2,1-3H3/q+1. The summed E-state index contributed by atoms with van der Waals surface area (Å²) in [6.45, 7) is 4.99. The average Bonchev–Trinajstić information content (AvgIpc) is 2.58. The molecule has 1 aromatic carbocycles. The van der Waals surface area contributed by atoms with Crippen LogP contribution in [-0.4, -0.2) is 52.8 Å². The van der Waals surface area contributed by atoms with Crippen LogP contribution in [0.25, 0.3) is 10.9 Å². The lowest BCUT2D eigenvalue weighted by molar-refractivity contribution is -0.465. The second-order valence-electron chi connectivity index (χ2n) is 7.21. The molecule has 0 radical (unpaired) electrons. The summed E-state index contributed by atoms with van der Waals surface area (Å²) in [7, 11) is 0. The fourth-order valence-electron chi connectivity index (χ4n) is 2.87. The lowest BCUT2D eigenvalue weighted by atomic mass is 10.1. The third-order valence-electron chi connectivity index (χ3n) is 4.01. The van der Waals surface area contributed by atoms with Crippen LogP contribution in [0.4, 0.5) is 18.9 Å². The van der Waals surface area contributed by atoms with Crippen molar-refractivity contribution in [1.29, 1.82) is 0 Å². The first-order chi connectivity index (χ1) is 12.6. The van der Waals surface area contributed by atoms with Crippen LogP contribution in [0.2, 0.25) is 0 Å². The Morgan fingerprint density at radius 1 is 1.22 bits per heavy atom. The second-order valence-corrected chi connectivity index (χ2v) is 7.21. The van der Waals surface area contributed by atoms with Gasteiger partial charge in [-0.2, -0.15) is 17.7 Å². The molecule has 2 heterocycles. The van der Waals surface area contributed by atoms with Gasteiger partial charge in [0.25, 0.3) is 5.71 Å². The number of aromatic nitrogens is 1. The summed E-state index contributed by atoms with van der Waals surface area (Å²) in [6.07, 6.45) is -3.03. The molecule has 5 nitrogen and oxygen atoms in total. The van der Waals surface area contributed by atoms with E-state index in [4.69, 9.17) is 9.47 Å². The van der Waals surface area contributed by atoms with E-state index in [1.54, 1.807) is 39.0 Å². The highest BCUT2D eigenvalue weighted by Crippen LogP contribution is 2.28. The average molecular weight is 381 g/mol. The molecule has 144 valence electrons. The molecule has 27 heavy (non-hydrogen) atoms. The summed E-state index contributed by atoms with van der Waals surface area (Å²) in [6, 6.07) is 6.21. The van der Waals surface area contributed by atoms with Gasteiger partial charge in [-0.05, 0) is 32.9 Å². The van der Waals surface area contributed by atoms with Gasteiger partial charge in [-0.1, -0.05) is 0 Å². The van der Waals surface area contributed by atoms with Crippen molar-refractivity contribution in [3.8, 4) is 0 Å². The van der Waals surface area contributed by atoms with Crippen molar-refractivity contribution in [2.24, 2.45) is 0 Å². The molecule has 0 aliphatic carbocycles. The molecule has 0 saturated heterocycles. The van der Waals surface area contributed by atoms with E-state index in [1.807, 2.05) is 0 Å². The normalized spacial score (nSPS) is 15.9. The van der Waals surface area contributed by atoms with E-state index in [9.17, 15) is 18.0 Å². The van der Waals surface area contributed by atoms with Crippen molar-refractivity contribution in [2.75, 3.05) is 19.8 Å². The van der Waals surface area contributed by atoms with E-state index < -0.39 is 30.1 Å². The number of ether oxygens (including phenoxy) is 2. The summed E-state index contributed by atoms with van der Waals surface area (Å²) < 4.78 is 51.6. The topological polar surface area (TPSA) is 51.4 Å². The Kier molecular flexibility index (Phi) is 4.94. The maximum atomic E-state index is 13.3. The Balaban J connectivity index is 2.13. The molecular weight excluding hydrogens is 361 g/mol. The summed E-state index contributed by atoms with van der Waals surface area (Å²) in [4.78, 5) is 16.7. The summed E-state index contributed by atoms with van der Waals surface area (Å²) >= 11 is 0. The molecule has 1 aliphatic heterocycles. The number of halogens is 3. The quantitative estimate of drug-likeness (QED) is 0.585. The van der Waals surface area contributed by atoms with Crippen LogP contribution in [0.5, 0.6) is 0 Å². The van der Waals surface area contributed by atoms with Crippen molar-refractivity contribution in [2.45, 2.75) is 32.5 Å². The van der Waals surface area contributed by atoms with Gasteiger partial charge in [-0.3, -0.25) is 4.98 Å². The van der Waals surface area contributed by atoms with Gasteiger partial charge in [0.2, 0.25) is 5.69 Å². The number of rotatable bonds is 2. The van der Waals surface area contributed by atoms with Gasteiger partial charge < -0.3 is 9.47 Å². The molecule has 0 fully saturated rings. The van der Waals surface area contributed by atoms with Gasteiger partial charge in [0.05, 0.1) is 11.1 Å². The van der Waals surface area contributed by atoms with Gasteiger partial charge in [0.1, 0.15) is 18.8 Å². The number of benzene rings is 1. The summed E-state index contributed by atoms with van der Waals surface area (Å²) in [5, 5.41) is 0.442. The monoisotopic (exact) mass is 381 g/mol. The molecular formula is C19H20F3N2O3+. The van der Waals surface area contributed by atoms with Crippen molar-refractivity contribution in [1.82, 2.24) is 4.98 Å². The number of pyridine rings is 1. The lowest BCUT2D eigenvalue weighted by Crippen LogP contribution is -2.40. The highest BCUT2D eigenvalue weighted by Gasteiger charge is 2.45. The van der Waals surface area contributed by atoms with Crippen LogP contribution in [0.15, 0.2) is 30.5 Å². The van der Waals surface area contributed by atoms with Crippen LogP contribution in [-0.2, 0) is 9.47 Å². The number of carbonyl (C=O) groups is 1. The summed E-state index contributed by atoms with van der Waals surface area (Å²) in [5.74, 6) is -0.547. The van der Waals surface area contributed by atoms with Crippen molar-refractivity contribution >= 4 is 28.3 Å². The first-order valence-corrected chi connectivity index (χ1v) is 8.47. The zero-order valence-corrected chi connectivity index (χ0v) is 15.3. The third-order valence-corrected chi connectivity index (χ3v) is 4.01. The minimum absolute atomic E-state index is 0.0718. The molecule has 0 N–H and O–H groups in total. The molecule has 2 aromatic rings. The number of carbonyl (C=O) groups excluding carboxylic acids is 1. The molecule has 0 amide bonds. The Morgan fingerprint density at radius 2 is 1.96 bits per heavy atom. The molecule has 0 saturated carbocycles. The van der Waals surface area contributed by atoms with Crippen LogP contribution >= 0.6 is 0 Å². The van der Waals surface area contributed by atoms with Crippen molar-refractivity contribution < 1.29 is 32.0 Å². The van der Waals surface area contributed by atoms with Crippen LogP contribution < -0.4 is 0 Å². The maximum Gasteiger partial charge on any atom is 0.475 e. The Hall–Kier alpha value is -2.48. The zero-order chi connectivity index (χ0) is 19.8. The van der Waals surface area contributed by atoms with Gasteiger partial charge >= 0.3 is 12.1 Å². The zero-order valence-electron chi connectivity index (χ0n) is 15.3. The van der Waals surface area contributed by atoms with Crippen LogP contribution in [0, 0.1) is 0 Å². The number of hydrogen-bond donors (Lipinski definition) is 0. The predicted molar refractivity (Wildman–Crippen MR) is 93.6 cm³/mol. The maximum absolute atomic E-state index is 13.3. The van der Waals surface area contributed by atoms with Crippen molar-refractivity contribution in [3.05, 3.63) is 36.0 Å². The molecule has 0 unspecified atom stereocenters. The number of esters is 1. The first-order valence-electron chi connectivity index (χ1n) is 8.47. The minimum Gasteiger partial charge on any atom is -0.456 e. The SMILES string of the molecule is CC(C)(C)OC(=O)c1ccnc2ccc([N+]3=C(C(F)(F)F)COCC3)cc12.